The number of aryl methyl sites for hydroxylation is 1. The van der Waals surface area contributed by atoms with Crippen LogP contribution in [0.2, 0.25) is 0 Å². The Balaban J connectivity index is 2.52. The number of urea groups is 1. The summed E-state index contributed by atoms with van der Waals surface area (Å²) in [5.41, 5.74) is -0.440. The molecule has 0 saturated heterocycles. The van der Waals surface area contributed by atoms with Crippen LogP contribution in [0.3, 0.4) is 0 Å². The molecule has 0 saturated carbocycles. The summed E-state index contributed by atoms with van der Waals surface area (Å²) in [5.74, 6) is -0.140. The first-order valence-corrected chi connectivity index (χ1v) is 6.82. The summed E-state index contributed by atoms with van der Waals surface area (Å²) in [7, 11) is 1.84. The zero-order valence-electron chi connectivity index (χ0n) is 13.0. The zero-order chi connectivity index (χ0) is 16.0. The van der Waals surface area contributed by atoms with Gasteiger partial charge in [-0.05, 0) is 20.8 Å². The van der Waals surface area contributed by atoms with Crippen molar-refractivity contribution in [3.05, 3.63) is 12.2 Å². The molecule has 1 aromatic rings. The molecule has 0 aromatic carbocycles. The number of carboxylic acid groups (broad SMARTS) is 1. The lowest BCUT2D eigenvalue weighted by atomic mass is 10.1. The highest BCUT2D eigenvalue weighted by molar-refractivity contribution is 5.76. The maximum atomic E-state index is 12.2. The molecule has 1 aromatic heterocycles. The quantitative estimate of drug-likeness (QED) is 0.802. The van der Waals surface area contributed by atoms with E-state index in [-0.39, 0.29) is 19.0 Å². The van der Waals surface area contributed by atoms with Gasteiger partial charge in [0.15, 0.2) is 0 Å². The summed E-state index contributed by atoms with van der Waals surface area (Å²) in [6.07, 6.45) is 2.10. The van der Waals surface area contributed by atoms with Crippen molar-refractivity contribution in [1.82, 2.24) is 25.0 Å². The van der Waals surface area contributed by atoms with Gasteiger partial charge in [-0.15, -0.1) is 10.2 Å². The molecule has 0 aliphatic heterocycles. The second-order valence-corrected chi connectivity index (χ2v) is 5.81. The van der Waals surface area contributed by atoms with Gasteiger partial charge in [0.1, 0.15) is 12.2 Å². The van der Waals surface area contributed by atoms with E-state index < -0.39 is 11.5 Å². The lowest BCUT2D eigenvalue weighted by molar-refractivity contribution is -0.137. The van der Waals surface area contributed by atoms with E-state index in [0.29, 0.717) is 13.0 Å². The number of rotatable bonds is 6. The van der Waals surface area contributed by atoms with Crippen LogP contribution in [0.25, 0.3) is 0 Å². The summed E-state index contributed by atoms with van der Waals surface area (Å²) in [6, 6.07) is -0.272. The Hall–Kier alpha value is -2.12. The van der Waals surface area contributed by atoms with Crippen molar-refractivity contribution in [3.63, 3.8) is 0 Å². The van der Waals surface area contributed by atoms with Gasteiger partial charge in [-0.2, -0.15) is 0 Å². The van der Waals surface area contributed by atoms with E-state index in [1.165, 1.54) is 4.90 Å². The van der Waals surface area contributed by atoms with E-state index in [4.69, 9.17) is 5.11 Å². The number of carboxylic acids is 1. The highest BCUT2D eigenvalue weighted by atomic mass is 16.4. The van der Waals surface area contributed by atoms with Gasteiger partial charge in [0.05, 0.1) is 6.42 Å². The third kappa shape index (κ3) is 5.41. The monoisotopic (exact) mass is 297 g/mol. The Morgan fingerprint density at radius 2 is 2.10 bits per heavy atom. The first-order valence-electron chi connectivity index (χ1n) is 6.82. The van der Waals surface area contributed by atoms with Gasteiger partial charge in [-0.25, -0.2) is 4.79 Å². The number of amides is 2. The molecular weight excluding hydrogens is 274 g/mol. The van der Waals surface area contributed by atoms with Crippen LogP contribution in [0.15, 0.2) is 6.33 Å². The first-order chi connectivity index (χ1) is 9.71. The van der Waals surface area contributed by atoms with Crippen molar-refractivity contribution >= 4 is 12.0 Å². The summed E-state index contributed by atoms with van der Waals surface area (Å²) in [4.78, 5) is 24.4. The van der Waals surface area contributed by atoms with E-state index >= 15 is 0 Å². The molecule has 0 radical (unpaired) electrons. The fourth-order valence-electron chi connectivity index (χ4n) is 1.86. The smallest absolute Gasteiger partial charge is 0.317 e. The largest absolute Gasteiger partial charge is 0.481 e. The average molecular weight is 297 g/mol. The van der Waals surface area contributed by atoms with Crippen molar-refractivity contribution in [2.24, 2.45) is 7.05 Å². The lowest BCUT2D eigenvalue weighted by Crippen LogP contribution is -2.51. The van der Waals surface area contributed by atoms with Gasteiger partial charge >= 0.3 is 12.0 Å². The van der Waals surface area contributed by atoms with Gasteiger partial charge in [0, 0.05) is 32.1 Å². The molecule has 2 N–H and O–H groups in total. The Morgan fingerprint density at radius 1 is 1.43 bits per heavy atom. The van der Waals surface area contributed by atoms with E-state index in [2.05, 4.69) is 15.5 Å². The van der Waals surface area contributed by atoms with Crippen LogP contribution in [0, 0.1) is 0 Å². The molecule has 0 unspecified atom stereocenters. The van der Waals surface area contributed by atoms with Crippen molar-refractivity contribution < 1.29 is 14.7 Å². The number of nitrogens with zero attached hydrogens (tertiary/aromatic N) is 4. The van der Waals surface area contributed by atoms with Crippen molar-refractivity contribution in [1.29, 1.82) is 0 Å². The van der Waals surface area contributed by atoms with E-state index in [1.807, 2.05) is 27.8 Å². The molecule has 0 fully saturated rings. The van der Waals surface area contributed by atoms with Crippen LogP contribution >= 0.6 is 0 Å². The minimum atomic E-state index is -0.920. The van der Waals surface area contributed by atoms with Crippen molar-refractivity contribution in [2.75, 3.05) is 13.1 Å². The van der Waals surface area contributed by atoms with Gasteiger partial charge in [-0.3, -0.25) is 4.79 Å². The first kappa shape index (κ1) is 16.9. The molecule has 8 nitrogen and oxygen atoms in total. The molecular formula is C13H23N5O3. The van der Waals surface area contributed by atoms with Gasteiger partial charge in [0.25, 0.3) is 0 Å². The highest BCUT2D eigenvalue weighted by Gasteiger charge is 2.26. The van der Waals surface area contributed by atoms with Crippen LogP contribution in [-0.4, -0.2) is 55.4 Å². The van der Waals surface area contributed by atoms with Crippen LogP contribution in [0.5, 0.6) is 0 Å². The normalized spacial score (nSPS) is 11.2. The second kappa shape index (κ2) is 7.05. The average Bonchev–Trinajstić information content (AvgIpc) is 2.73. The predicted octanol–water partition coefficient (Wildman–Crippen LogP) is 0.642. The van der Waals surface area contributed by atoms with E-state index in [9.17, 15) is 9.59 Å². The molecule has 0 aliphatic rings. The number of hydrogen-bond acceptors (Lipinski definition) is 4. The molecule has 2 amide bonds. The van der Waals surface area contributed by atoms with Crippen molar-refractivity contribution in [2.45, 2.75) is 39.2 Å². The fraction of sp³-hybridized carbons (Fsp3) is 0.692. The molecule has 8 heteroatoms. The Bertz CT molecular complexity index is 492. The Morgan fingerprint density at radius 3 is 2.57 bits per heavy atom. The summed E-state index contributed by atoms with van der Waals surface area (Å²) in [5, 5.41) is 19.3. The van der Waals surface area contributed by atoms with Crippen molar-refractivity contribution in [3.8, 4) is 0 Å². The molecule has 118 valence electrons. The maximum absolute atomic E-state index is 12.2. The molecule has 0 spiro atoms. The van der Waals surface area contributed by atoms with Crippen LogP contribution in [-0.2, 0) is 18.3 Å². The topological polar surface area (TPSA) is 100 Å². The molecule has 0 aliphatic carbocycles. The SMILES string of the molecule is Cn1cnnc1CCNC(=O)N(CCC(=O)O)C(C)(C)C. The number of hydrogen-bond donors (Lipinski definition) is 2. The number of aromatic nitrogens is 3. The predicted molar refractivity (Wildman–Crippen MR) is 76.8 cm³/mol. The third-order valence-electron chi connectivity index (χ3n) is 3.03. The number of aliphatic carboxylic acids is 1. The number of nitrogens with one attached hydrogen (secondary N) is 1. The lowest BCUT2D eigenvalue weighted by Gasteiger charge is -2.35. The van der Waals surface area contributed by atoms with Gasteiger partial charge in [-0.1, -0.05) is 0 Å². The molecule has 0 bridgehead atoms. The Labute approximate surface area is 124 Å². The standard InChI is InChI=1S/C13H23N5O3/c1-13(2,3)18(8-6-11(19)20)12(21)14-7-5-10-16-15-9-17(10)4/h9H,5-8H2,1-4H3,(H,14,21)(H,19,20). The van der Waals surface area contributed by atoms with Crippen LogP contribution < -0.4 is 5.32 Å². The van der Waals surface area contributed by atoms with E-state index in [1.54, 1.807) is 10.9 Å². The summed E-state index contributed by atoms with van der Waals surface area (Å²) in [6.45, 7) is 6.21. The zero-order valence-corrected chi connectivity index (χ0v) is 13.0. The van der Waals surface area contributed by atoms with Gasteiger partial charge < -0.3 is 19.9 Å². The van der Waals surface area contributed by atoms with Crippen LogP contribution in [0.4, 0.5) is 4.79 Å². The minimum Gasteiger partial charge on any atom is -0.481 e. The van der Waals surface area contributed by atoms with E-state index in [0.717, 1.165) is 5.82 Å². The fourth-order valence-corrected chi connectivity index (χ4v) is 1.86. The molecule has 0 atom stereocenters. The molecule has 1 heterocycles. The molecule has 21 heavy (non-hydrogen) atoms. The molecule has 1 rings (SSSR count). The maximum Gasteiger partial charge on any atom is 0.317 e. The number of carbonyl (C=O) groups is 2. The van der Waals surface area contributed by atoms with Gasteiger partial charge in [0.2, 0.25) is 0 Å². The van der Waals surface area contributed by atoms with Crippen LogP contribution in [0.1, 0.15) is 33.0 Å². The third-order valence-corrected chi connectivity index (χ3v) is 3.03. The second-order valence-electron chi connectivity index (χ2n) is 5.81. The summed E-state index contributed by atoms with van der Waals surface area (Å²) >= 11 is 0. The number of carbonyl (C=O) groups excluding carboxylic acids is 1. The highest BCUT2D eigenvalue weighted by Crippen LogP contribution is 2.13. The minimum absolute atomic E-state index is 0.0754. The summed E-state index contributed by atoms with van der Waals surface area (Å²) < 4.78 is 1.79. The Kier molecular flexibility index (Phi) is 5.69.